The highest BCUT2D eigenvalue weighted by molar-refractivity contribution is 7.16. The normalized spacial score (nSPS) is 12.9. The van der Waals surface area contributed by atoms with Crippen LogP contribution in [-0.2, 0) is 12.7 Å². The highest BCUT2D eigenvalue weighted by Crippen LogP contribution is 2.34. The first-order valence-electron chi connectivity index (χ1n) is 10.4. The molecule has 3 heterocycles. The topological polar surface area (TPSA) is 72.7 Å². The Hall–Kier alpha value is -3.63. The van der Waals surface area contributed by atoms with E-state index in [1.54, 1.807) is 41.9 Å². The monoisotopic (exact) mass is 481 g/mol. The number of nitrogens with zero attached hydrogens (tertiary/aromatic N) is 4. The number of thiazole rings is 1. The quantitative estimate of drug-likeness (QED) is 0.371. The fraction of sp³-hybridized carbons (Fsp3) is 0.167. The molecule has 0 aliphatic rings. The third kappa shape index (κ3) is 3.95. The van der Waals surface area contributed by atoms with E-state index in [0.29, 0.717) is 29.1 Å². The smallest absolute Gasteiger partial charge is 0.303 e. The Morgan fingerprint density at radius 2 is 1.85 bits per heavy atom. The Kier molecular flexibility index (Phi) is 5.62. The van der Waals surface area contributed by atoms with Crippen LogP contribution in [0.4, 0.5) is 13.2 Å². The zero-order chi connectivity index (χ0) is 23.9. The van der Waals surface area contributed by atoms with Crippen LogP contribution in [-0.4, -0.2) is 19.5 Å². The Labute approximate surface area is 195 Å². The molecule has 10 heteroatoms. The fourth-order valence-electron chi connectivity index (χ4n) is 4.01. The van der Waals surface area contributed by atoms with Gasteiger partial charge in [0.25, 0.3) is 5.56 Å². The zero-order valence-electron chi connectivity index (χ0n) is 17.9. The second kappa shape index (κ2) is 8.62. The second-order valence-corrected chi connectivity index (χ2v) is 8.58. The predicted molar refractivity (Wildman–Crippen MR) is 125 cm³/mol. The van der Waals surface area contributed by atoms with E-state index in [0.717, 1.165) is 10.9 Å². The predicted octanol–water partition coefficient (Wildman–Crippen LogP) is 5.26. The Morgan fingerprint density at radius 1 is 1.06 bits per heavy atom. The maximum absolute atomic E-state index is 13.7. The summed E-state index contributed by atoms with van der Waals surface area (Å²) < 4.78 is 42.5. The number of hydrogen-bond donors (Lipinski definition) is 1. The number of para-hydroxylation sites is 1. The maximum atomic E-state index is 13.7. The number of fused-ring (bicyclic) bond motifs is 2. The van der Waals surface area contributed by atoms with Crippen LogP contribution in [0.15, 0.2) is 71.2 Å². The van der Waals surface area contributed by atoms with Crippen LogP contribution in [0.5, 0.6) is 0 Å². The molecule has 5 rings (SSSR count). The maximum Gasteiger partial charge on any atom is 0.417 e. The Bertz CT molecular complexity index is 1550. The van der Waals surface area contributed by atoms with Gasteiger partial charge in [0.05, 0.1) is 22.2 Å². The SMILES string of the molecule is C[C@H](NCc1ncnc2scnc12)c1cc2cccc(C(F)(F)F)c2c(=O)n1-c1ccccc1. The molecule has 0 amide bonds. The van der Waals surface area contributed by atoms with Crippen LogP contribution >= 0.6 is 11.3 Å². The van der Waals surface area contributed by atoms with Crippen LogP contribution in [0, 0.1) is 0 Å². The van der Waals surface area contributed by atoms with E-state index < -0.39 is 23.3 Å². The van der Waals surface area contributed by atoms with E-state index in [1.807, 2.05) is 6.92 Å². The Balaban J connectivity index is 1.64. The highest BCUT2D eigenvalue weighted by atomic mass is 32.1. The molecule has 3 aromatic heterocycles. The minimum absolute atomic E-state index is 0.236. The molecule has 0 aliphatic carbocycles. The van der Waals surface area contributed by atoms with E-state index in [2.05, 4.69) is 20.3 Å². The van der Waals surface area contributed by atoms with Crippen molar-refractivity contribution in [2.45, 2.75) is 25.7 Å². The summed E-state index contributed by atoms with van der Waals surface area (Å²) in [5, 5.41) is 3.22. The lowest BCUT2D eigenvalue weighted by Crippen LogP contribution is -2.29. The third-order valence-electron chi connectivity index (χ3n) is 5.62. The van der Waals surface area contributed by atoms with E-state index >= 15 is 0 Å². The first kappa shape index (κ1) is 22.2. The summed E-state index contributed by atoms with van der Waals surface area (Å²) in [5.74, 6) is 0. The third-order valence-corrected chi connectivity index (χ3v) is 6.36. The van der Waals surface area contributed by atoms with Gasteiger partial charge in [-0.25, -0.2) is 15.0 Å². The number of benzene rings is 2. The average molecular weight is 482 g/mol. The summed E-state index contributed by atoms with van der Waals surface area (Å²) in [7, 11) is 0. The molecular weight excluding hydrogens is 463 g/mol. The summed E-state index contributed by atoms with van der Waals surface area (Å²) in [6.45, 7) is 2.20. The standard InChI is InChI=1S/C24H18F3N5OS/c1-14(28-11-18-21-22(30-12-29-18)34-13-31-21)19-10-15-6-5-9-17(24(25,26)27)20(15)23(33)32(19)16-7-3-2-4-8-16/h2-10,12-14,28H,11H2,1H3/t14-/m0/s1. The fourth-order valence-corrected chi connectivity index (χ4v) is 4.65. The summed E-state index contributed by atoms with van der Waals surface area (Å²) in [6.07, 6.45) is -3.18. The van der Waals surface area contributed by atoms with E-state index in [9.17, 15) is 18.0 Å². The van der Waals surface area contributed by atoms with Crippen molar-refractivity contribution in [3.05, 3.63) is 93.7 Å². The number of pyridine rings is 1. The summed E-state index contributed by atoms with van der Waals surface area (Å²) in [6, 6.07) is 13.7. The lowest BCUT2D eigenvalue weighted by molar-refractivity contribution is -0.136. The van der Waals surface area contributed by atoms with Gasteiger partial charge in [-0.3, -0.25) is 9.36 Å². The summed E-state index contributed by atoms with van der Waals surface area (Å²) in [5.41, 5.74) is 2.45. The minimum Gasteiger partial charge on any atom is -0.303 e. The van der Waals surface area contributed by atoms with Gasteiger partial charge in [-0.1, -0.05) is 30.3 Å². The van der Waals surface area contributed by atoms with Gasteiger partial charge in [0.1, 0.15) is 16.7 Å². The van der Waals surface area contributed by atoms with Crippen molar-refractivity contribution >= 4 is 32.5 Å². The molecule has 0 bridgehead atoms. The molecule has 1 atom stereocenters. The zero-order valence-corrected chi connectivity index (χ0v) is 18.7. The second-order valence-electron chi connectivity index (χ2n) is 7.74. The van der Waals surface area contributed by atoms with Crippen LogP contribution in [0.1, 0.15) is 29.9 Å². The van der Waals surface area contributed by atoms with Crippen LogP contribution in [0.2, 0.25) is 0 Å². The number of nitrogens with one attached hydrogen (secondary N) is 1. The molecule has 6 nitrogen and oxygen atoms in total. The number of aromatic nitrogens is 4. The molecular formula is C24H18F3N5OS. The molecule has 0 unspecified atom stereocenters. The molecule has 1 N–H and O–H groups in total. The lowest BCUT2D eigenvalue weighted by Gasteiger charge is -2.22. The number of hydrogen-bond acceptors (Lipinski definition) is 6. The first-order chi connectivity index (χ1) is 16.3. The lowest BCUT2D eigenvalue weighted by atomic mass is 10.0. The number of halogens is 3. The van der Waals surface area contributed by atoms with Crippen molar-refractivity contribution < 1.29 is 13.2 Å². The van der Waals surface area contributed by atoms with E-state index in [-0.39, 0.29) is 10.8 Å². The molecule has 34 heavy (non-hydrogen) atoms. The van der Waals surface area contributed by atoms with Crippen molar-refractivity contribution in [1.29, 1.82) is 0 Å². The van der Waals surface area contributed by atoms with Crippen molar-refractivity contribution in [2.24, 2.45) is 0 Å². The summed E-state index contributed by atoms with van der Waals surface area (Å²) >= 11 is 1.41. The van der Waals surface area contributed by atoms with Gasteiger partial charge in [0, 0.05) is 24.0 Å². The number of alkyl halides is 3. The van der Waals surface area contributed by atoms with Gasteiger partial charge in [-0.05, 0) is 36.6 Å². The van der Waals surface area contributed by atoms with Gasteiger partial charge >= 0.3 is 6.18 Å². The van der Waals surface area contributed by atoms with Crippen LogP contribution in [0.25, 0.3) is 26.8 Å². The van der Waals surface area contributed by atoms with Crippen molar-refractivity contribution in [3.8, 4) is 5.69 Å². The van der Waals surface area contributed by atoms with Gasteiger partial charge in [-0.15, -0.1) is 11.3 Å². The van der Waals surface area contributed by atoms with Crippen molar-refractivity contribution in [3.63, 3.8) is 0 Å². The van der Waals surface area contributed by atoms with Gasteiger partial charge in [0.2, 0.25) is 0 Å². The Morgan fingerprint density at radius 3 is 2.62 bits per heavy atom. The summed E-state index contributed by atoms with van der Waals surface area (Å²) in [4.78, 5) is 27.1. The molecule has 0 aliphatic heterocycles. The molecule has 0 spiro atoms. The van der Waals surface area contributed by atoms with E-state index in [1.165, 1.54) is 34.4 Å². The van der Waals surface area contributed by atoms with Crippen LogP contribution in [0.3, 0.4) is 0 Å². The van der Waals surface area contributed by atoms with Crippen molar-refractivity contribution in [1.82, 2.24) is 24.8 Å². The van der Waals surface area contributed by atoms with Gasteiger partial charge < -0.3 is 5.32 Å². The van der Waals surface area contributed by atoms with Crippen LogP contribution < -0.4 is 10.9 Å². The van der Waals surface area contributed by atoms with Gasteiger partial charge in [0.15, 0.2) is 0 Å². The molecule has 0 fully saturated rings. The average Bonchev–Trinajstić information content (AvgIpc) is 3.31. The molecule has 172 valence electrons. The molecule has 5 aromatic rings. The molecule has 0 saturated carbocycles. The first-order valence-corrected chi connectivity index (χ1v) is 11.3. The molecule has 2 aromatic carbocycles. The van der Waals surface area contributed by atoms with Crippen molar-refractivity contribution in [2.75, 3.05) is 0 Å². The highest BCUT2D eigenvalue weighted by Gasteiger charge is 2.34. The molecule has 0 saturated heterocycles. The minimum atomic E-state index is -4.65. The largest absolute Gasteiger partial charge is 0.417 e. The van der Waals surface area contributed by atoms with E-state index in [4.69, 9.17) is 0 Å². The number of rotatable bonds is 5. The molecule has 0 radical (unpaired) electrons. The van der Waals surface area contributed by atoms with Gasteiger partial charge in [-0.2, -0.15) is 13.2 Å².